The second-order valence-corrected chi connectivity index (χ2v) is 6.27. The summed E-state index contributed by atoms with van der Waals surface area (Å²) in [6.45, 7) is -1.04. The van der Waals surface area contributed by atoms with E-state index in [2.05, 4.69) is 15.6 Å². The zero-order valence-electron chi connectivity index (χ0n) is 15.2. The second kappa shape index (κ2) is 8.60. The van der Waals surface area contributed by atoms with Crippen molar-refractivity contribution in [1.29, 1.82) is 0 Å². The third kappa shape index (κ3) is 4.33. The summed E-state index contributed by atoms with van der Waals surface area (Å²) in [5.74, 6) is -0.562. The van der Waals surface area contributed by atoms with E-state index in [0.29, 0.717) is 16.6 Å². The van der Waals surface area contributed by atoms with Gasteiger partial charge in [0.15, 0.2) is 0 Å². The fourth-order valence-electron chi connectivity index (χ4n) is 2.93. The van der Waals surface area contributed by atoms with Crippen molar-refractivity contribution in [1.82, 2.24) is 20.2 Å². The summed E-state index contributed by atoms with van der Waals surface area (Å²) in [7, 11) is 0. The van der Waals surface area contributed by atoms with Gasteiger partial charge in [0.2, 0.25) is 5.91 Å². The minimum Gasteiger partial charge on any atom is -0.352 e. The number of nitrogens with one attached hydrogen (secondary N) is 2. The first kappa shape index (κ1) is 19.5. The van der Waals surface area contributed by atoms with Gasteiger partial charge in [-0.25, -0.2) is 4.98 Å². The lowest BCUT2D eigenvalue weighted by atomic mass is 10.2. The van der Waals surface area contributed by atoms with Gasteiger partial charge in [-0.3, -0.25) is 14.2 Å². The SMILES string of the molecule is CC(NC(=O)CCNC(=O)c1ccccc1)c1nc2ccccc2n1C(F)F. The summed E-state index contributed by atoms with van der Waals surface area (Å²) in [6, 6.07) is 14.5. The molecule has 1 heterocycles. The average molecular weight is 386 g/mol. The number of carbonyl (C=O) groups is 2. The van der Waals surface area contributed by atoms with Crippen molar-refractivity contribution in [2.45, 2.75) is 25.9 Å². The van der Waals surface area contributed by atoms with Crippen molar-refractivity contribution >= 4 is 22.8 Å². The Bertz CT molecular complexity index is 973. The highest BCUT2D eigenvalue weighted by Gasteiger charge is 2.22. The number of imidazole rings is 1. The standard InChI is InChI=1S/C20H20F2N4O2/c1-13(18-25-15-9-5-6-10-16(15)26(18)20(21)22)24-17(27)11-12-23-19(28)14-7-3-2-4-8-14/h2-10,13,20H,11-12H2,1H3,(H,23,28)(H,24,27). The molecule has 8 heteroatoms. The second-order valence-electron chi connectivity index (χ2n) is 6.27. The lowest BCUT2D eigenvalue weighted by Gasteiger charge is -2.16. The number of nitrogens with zero attached hydrogens (tertiary/aromatic N) is 2. The van der Waals surface area contributed by atoms with Crippen LogP contribution in [0, 0.1) is 0 Å². The highest BCUT2D eigenvalue weighted by Crippen LogP contribution is 2.26. The number of carbonyl (C=O) groups excluding carboxylic acids is 2. The molecule has 3 rings (SSSR count). The minimum absolute atomic E-state index is 0.0256. The lowest BCUT2D eigenvalue weighted by molar-refractivity contribution is -0.121. The molecule has 0 radical (unpaired) electrons. The van der Waals surface area contributed by atoms with Crippen molar-refractivity contribution < 1.29 is 18.4 Å². The predicted molar refractivity (Wildman–Crippen MR) is 101 cm³/mol. The maximum atomic E-state index is 13.5. The first-order chi connectivity index (χ1) is 13.5. The number of para-hydroxylation sites is 2. The average Bonchev–Trinajstić information content (AvgIpc) is 3.08. The number of alkyl halides is 2. The van der Waals surface area contributed by atoms with Crippen LogP contribution in [-0.2, 0) is 4.79 Å². The monoisotopic (exact) mass is 386 g/mol. The van der Waals surface area contributed by atoms with E-state index in [0.717, 1.165) is 4.57 Å². The number of fused-ring (bicyclic) bond motifs is 1. The zero-order valence-corrected chi connectivity index (χ0v) is 15.2. The molecule has 1 atom stereocenters. The number of benzene rings is 2. The fourth-order valence-corrected chi connectivity index (χ4v) is 2.93. The number of amides is 2. The van der Waals surface area contributed by atoms with Crippen LogP contribution in [0.4, 0.5) is 8.78 Å². The van der Waals surface area contributed by atoms with Crippen LogP contribution < -0.4 is 10.6 Å². The lowest BCUT2D eigenvalue weighted by Crippen LogP contribution is -2.33. The highest BCUT2D eigenvalue weighted by atomic mass is 19.3. The largest absolute Gasteiger partial charge is 0.352 e. The minimum atomic E-state index is -2.77. The van der Waals surface area contributed by atoms with E-state index < -0.39 is 12.6 Å². The molecule has 0 spiro atoms. The molecular weight excluding hydrogens is 366 g/mol. The van der Waals surface area contributed by atoms with Crippen LogP contribution in [0.25, 0.3) is 11.0 Å². The molecule has 3 aromatic rings. The molecule has 2 N–H and O–H groups in total. The molecule has 0 bridgehead atoms. The zero-order chi connectivity index (χ0) is 20.1. The van der Waals surface area contributed by atoms with Gasteiger partial charge in [-0.1, -0.05) is 30.3 Å². The Kier molecular flexibility index (Phi) is 5.98. The molecular formula is C20H20F2N4O2. The molecule has 1 unspecified atom stereocenters. The molecule has 146 valence electrons. The number of aromatic nitrogens is 2. The normalized spacial score (nSPS) is 12.1. The Morgan fingerprint density at radius 1 is 1.07 bits per heavy atom. The molecule has 0 aliphatic carbocycles. The van der Waals surface area contributed by atoms with E-state index in [1.807, 2.05) is 0 Å². The van der Waals surface area contributed by atoms with Crippen molar-refractivity contribution in [3.8, 4) is 0 Å². The third-order valence-electron chi connectivity index (χ3n) is 4.26. The van der Waals surface area contributed by atoms with Crippen LogP contribution in [0.2, 0.25) is 0 Å². The Balaban J connectivity index is 1.59. The topological polar surface area (TPSA) is 76.0 Å². The van der Waals surface area contributed by atoms with Gasteiger partial charge in [0.1, 0.15) is 5.82 Å². The van der Waals surface area contributed by atoms with E-state index in [1.165, 1.54) is 0 Å². The van der Waals surface area contributed by atoms with Gasteiger partial charge >= 0.3 is 6.55 Å². The summed E-state index contributed by atoms with van der Waals surface area (Å²) in [6.07, 6.45) is 0.0256. The van der Waals surface area contributed by atoms with E-state index in [-0.39, 0.29) is 30.6 Å². The molecule has 0 aliphatic heterocycles. The quantitative estimate of drug-likeness (QED) is 0.653. The fraction of sp³-hybridized carbons (Fsp3) is 0.250. The van der Waals surface area contributed by atoms with Crippen molar-refractivity contribution in [2.75, 3.05) is 6.54 Å². The molecule has 2 aromatic carbocycles. The van der Waals surface area contributed by atoms with Gasteiger partial charge in [0.25, 0.3) is 5.91 Å². The third-order valence-corrected chi connectivity index (χ3v) is 4.26. The molecule has 0 aliphatic rings. The number of hydrogen-bond acceptors (Lipinski definition) is 3. The van der Waals surface area contributed by atoms with Crippen molar-refractivity contribution in [3.63, 3.8) is 0 Å². The molecule has 28 heavy (non-hydrogen) atoms. The predicted octanol–water partition coefficient (Wildman–Crippen LogP) is 3.43. The summed E-state index contributed by atoms with van der Waals surface area (Å²) in [4.78, 5) is 28.3. The van der Waals surface area contributed by atoms with Crippen molar-refractivity contribution in [3.05, 3.63) is 66.0 Å². The summed E-state index contributed by atoms with van der Waals surface area (Å²) >= 11 is 0. The molecule has 0 saturated carbocycles. The van der Waals surface area contributed by atoms with Gasteiger partial charge in [-0.05, 0) is 31.2 Å². The van der Waals surface area contributed by atoms with Crippen LogP contribution in [0.5, 0.6) is 0 Å². The highest BCUT2D eigenvalue weighted by molar-refractivity contribution is 5.94. The van der Waals surface area contributed by atoms with Crippen LogP contribution in [0.1, 0.15) is 42.1 Å². The molecule has 1 aromatic heterocycles. The molecule has 0 fully saturated rings. The van der Waals surface area contributed by atoms with Gasteiger partial charge in [-0.2, -0.15) is 8.78 Å². The van der Waals surface area contributed by atoms with Crippen molar-refractivity contribution in [2.24, 2.45) is 0 Å². The van der Waals surface area contributed by atoms with Gasteiger partial charge in [0, 0.05) is 18.5 Å². The van der Waals surface area contributed by atoms with Crippen LogP contribution in [0.3, 0.4) is 0 Å². The molecule has 6 nitrogen and oxygen atoms in total. The Hall–Kier alpha value is -3.29. The van der Waals surface area contributed by atoms with E-state index in [4.69, 9.17) is 0 Å². The summed E-state index contributed by atoms with van der Waals surface area (Å²) in [5, 5.41) is 5.31. The molecule has 2 amide bonds. The maximum Gasteiger partial charge on any atom is 0.320 e. The number of rotatable bonds is 7. The van der Waals surface area contributed by atoms with E-state index >= 15 is 0 Å². The Labute approximate surface area is 160 Å². The summed E-state index contributed by atoms with van der Waals surface area (Å²) < 4.78 is 27.8. The Morgan fingerprint density at radius 3 is 2.46 bits per heavy atom. The number of hydrogen-bond donors (Lipinski definition) is 2. The van der Waals surface area contributed by atoms with Crippen LogP contribution >= 0.6 is 0 Å². The van der Waals surface area contributed by atoms with E-state index in [9.17, 15) is 18.4 Å². The number of halogens is 2. The van der Waals surface area contributed by atoms with Gasteiger partial charge in [-0.15, -0.1) is 0 Å². The van der Waals surface area contributed by atoms with Crippen LogP contribution in [0.15, 0.2) is 54.6 Å². The van der Waals surface area contributed by atoms with Crippen LogP contribution in [-0.4, -0.2) is 27.9 Å². The van der Waals surface area contributed by atoms with E-state index in [1.54, 1.807) is 61.5 Å². The first-order valence-corrected chi connectivity index (χ1v) is 8.85. The molecule has 0 saturated heterocycles. The smallest absolute Gasteiger partial charge is 0.320 e. The first-order valence-electron chi connectivity index (χ1n) is 8.85. The maximum absolute atomic E-state index is 13.5. The Morgan fingerprint density at radius 2 is 1.75 bits per heavy atom. The van der Waals surface area contributed by atoms with Gasteiger partial charge < -0.3 is 10.6 Å². The summed E-state index contributed by atoms with van der Waals surface area (Å²) in [5.41, 5.74) is 1.25. The van der Waals surface area contributed by atoms with Gasteiger partial charge in [0.05, 0.1) is 17.1 Å².